The summed E-state index contributed by atoms with van der Waals surface area (Å²) in [5.41, 5.74) is 26.4. The van der Waals surface area contributed by atoms with Gasteiger partial charge in [-0.1, -0.05) is 105 Å². The molecule has 0 atom stereocenters. The summed E-state index contributed by atoms with van der Waals surface area (Å²) in [5.74, 6) is 1.78. The maximum absolute atomic E-state index is 5.16. The van der Waals surface area contributed by atoms with Crippen LogP contribution in [0.25, 0.3) is 10.6 Å². The van der Waals surface area contributed by atoms with Crippen molar-refractivity contribution in [3.63, 3.8) is 0 Å². The third-order valence-corrected chi connectivity index (χ3v) is 12.2. The molecule has 2 aliphatic rings. The molecular formula is C62H80MgN4O2+2. The summed E-state index contributed by atoms with van der Waals surface area (Å²) in [6, 6.07) is 30.9. The van der Waals surface area contributed by atoms with Gasteiger partial charge in [-0.05, 0) is 205 Å². The van der Waals surface area contributed by atoms with E-state index in [1.165, 1.54) is 115 Å². The van der Waals surface area contributed by atoms with Gasteiger partial charge >= 0.3 is 23.1 Å². The second kappa shape index (κ2) is 26.8. The fourth-order valence-electron chi connectivity index (χ4n) is 9.49. The van der Waals surface area contributed by atoms with Gasteiger partial charge in [-0.15, -0.1) is 0 Å². The van der Waals surface area contributed by atoms with Gasteiger partial charge in [0.1, 0.15) is 11.7 Å². The van der Waals surface area contributed by atoms with Crippen molar-refractivity contribution in [2.45, 2.75) is 136 Å². The van der Waals surface area contributed by atoms with Crippen molar-refractivity contribution < 1.29 is 19.5 Å². The van der Waals surface area contributed by atoms with Gasteiger partial charge in [-0.2, -0.15) is 0 Å². The summed E-state index contributed by atoms with van der Waals surface area (Å²) in [5, 5.41) is 10.3. The summed E-state index contributed by atoms with van der Waals surface area (Å²) in [6.07, 6.45) is 5.11. The molecule has 6 nitrogen and oxygen atoms in total. The van der Waals surface area contributed by atoms with Gasteiger partial charge in [0.15, 0.2) is 0 Å². The van der Waals surface area contributed by atoms with Crippen LogP contribution in [0.4, 0.5) is 22.7 Å². The quantitative estimate of drug-likeness (QED) is 0.0992. The fourth-order valence-corrected chi connectivity index (χ4v) is 9.49. The second-order valence-corrected chi connectivity index (χ2v) is 19.6. The summed E-state index contributed by atoms with van der Waals surface area (Å²) < 4.78 is 9.89. The number of nitrogens with one attached hydrogen (secondary N) is 2. The van der Waals surface area contributed by atoms with Gasteiger partial charge in [0, 0.05) is 48.9 Å². The average molecular weight is 938 g/mol. The number of ether oxygens (including phenoxy) is 2. The molecule has 0 aliphatic carbocycles. The molecule has 2 saturated heterocycles. The molecule has 8 rings (SSSR count). The molecule has 360 valence electrons. The van der Waals surface area contributed by atoms with Crippen LogP contribution < -0.4 is 9.98 Å². The predicted molar refractivity (Wildman–Crippen MR) is 296 cm³/mol. The number of rotatable bonds is 6. The van der Waals surface area contributed by atoms with Crippen LogP contribution >= 0.6 is 0 Å². The summed E-state index contributed by atoms with van der Waals surface area (Å²) in [4.78, 5) is 7.36. The minimum Gasteiger partial charge on any atom is -0.381 e. The summed E-state index contributed by atoms with van der Waals surface area (Å²) in [6.45, 7) is 38.3. The van der Waals surface area contributed by atoms with E-state index in [0.717, 1.165) is 72.0 Å². The van der Waals surface area contributed by atoms with E-state index in [0.29, 0.717) is 0 Å². The van der Waals surface area contributed by atoms with Crippen LogP contribution in [0.2, 0.25) is 0 Å². The Morgan fingerprint density at radius 1 is 0.319 bits per heavy atom. The molecule has 0 saturated carbocycles. The molecule has 0 aromatic heterocycles. The van der Waals surface area contributed by atoms with E-state index >= 15 is 0 Å². The monoisotopic (exact) mass is 937 g/mol. The predicted octanol–water partition coefficient (Wildman–Crippen LogP) is 13.2. The Morgan fingerprint density at radius 3 is 0.754 bits per heavy atom. The fraction of sp³-hybridized carbons (Fsp3) is 0.387. The third kappa shape index (κ3) is 17.1. The molecule has 0 radical (unpaired) electrons. The topological polar surface area (TPSA) is 74.6 Å². The van der Waals surface area contributed by atoms with E-state index in [1.807, 2.05) is 0 Å². The van der Waals surface area contributed by atoms with Gasteiger partial charge < -0.3 is 19.5 Å². The number of hydrogen-bond acceptors (Lipinski definition) is 2. The van der Waals surface area contributed by atoms with Gasteiger partial charge in [0.05, 0.1) is 11.4 Å². The Bertz CT molecular complexity index is 2420. The van der Waals surface area contributed by atoms with E-state index in [-0.39, 0.29) is 23.1 Å². The van der Waals surface area contributed by atoms with Crippen LogP contribution in [-0.4, -0.2) is 61.2 Å². The zero-order chi connectivity index (χ0) is 49.7. The Labute approximate surface area is 433 Å². The number of amidine groups is 2. The van der Waals surface area contributed by atoms with Crippen LogP contribution in [0.3, 0.4) is 0 Å². The molecule has 0 bridgehead atoms. The van der Waals surface area contributed by atoms with E-state index in [1.54, 1.807) is 0 Å². The molecule has 2 aliphatic heterocycles. The van der Waals surface area contributed by atoms with E-state index in [9.17, 15) is 0 Å². The number of nitrogens with zero attached hydrogens (tertiary/aromatic N) is 2. The summed E-state index contributed by atoms with van der Waals surface area (Å²) >= 11 is 0. The minimum atomic E-state index is 0. The first-order chi connectivity index (χ1) is 32.3. The van der Waals surface area contributed by atoms with Gasteiger partial charge in [0.2, 0.25) is 0 Å². The molecule has 2 fully saturated rings. The van der Waals surface area contributed by atoms with Crippen molar-refractivity contribution in [3.8, 4) is 0 Å². The largest absolute Gasteiger partial charge is 2.00 e. The van der Waals surface area contributed by atoms with Crippen LogP contribution in [0.15, 0.2) is 84.9 Å². The van der Waals surface area contributed by atoms with Crippen molar-refractivity contribution in [1.29, 1.82) is 0 Å². The Hall–Kier alpha value is -5.05. The van der Waals surface area contributed by atoms with E-state index in [4.69, 9.17) is 20.1 Å². The number of hydrogen-bond donors (Lipinski definition) is 2. The average Bonchev–Trinajstić information content (AvgIpc) is 4.02. The zero-order valence-corrected chi connectivity index (χ0v) is 46.6. The van der Waals surface area contributed by atoms with Crippen molar-refractivity contribution in [3.05, 3.63) is 196 Å². The molecule has 6 aromatic carbocycles. The second-order valence-electron chi connectivity index (χ2n) is 19.6. The Kier molecular flexibility index (Phi) is 22.0. The van der Waals surface area contributed by atoms with Crippen LogP contribution in [0.5, 0.6) is 0 Å². The molecule has 7 heteroatoms. The molecule has 69 heavy (non-hydrogen) atoms. The van der Waals surface area contributed by atoms with Crippen molar-refractivity contribution in [1.82, 2.24) is 0 Å². The van der Waals surface area contributed by atoms with Crippen LogP contribution in [-0.2, 0) is 9.47 Å². The maximum Gasteiger partial charge on any atom is 2.00 e. The first kappa shape index (κ1) is 56.5. The Balaban J connectivity index is 0.000000246. The van der Waals surface area contributed by atoms with Gasteiger partial charge in [-0.3, -0.25) is 0 Å². The van der Waals surface area contributed by atoms with E-state index < -0.39 is 0 Å². The van der Waals surface area contributed by atoms with Crippen molar-refractivity contribution in [2.75, 3.05) is 26.4 Å². The van der Waals surface area contributed by atoms with Crippen molar-refractivity contribution in [2.24, 2.45) is 0 Å². The summed E-state index contributed by atoms with van der Waals surface area (Å²) in [7, 11) is 0. The number of aryl methyl sites for hydroxylation is 16. The normalized spacial score (nSPS) is 13.3. The van der Waals surface area contributed by atoms with E-state index in [2.05, 4.69) is 206 Å². The van der Waals surface area contributed by atoms with Crippen molar-refractivity contribution >= 4 is 57.5 Å². The Morgan fingerprint density at radius 2 is 0.536 bits per heavy atom. The first-order valence-electron chi connectivity index (χ1n) is 24.6. The van der Waals surface area contributed by atoms with Crippen LogP contribution in [0, 0.1) is 111 Å². The smallest absolute Gasteiger partial charge is 0.381 e. The molecular weight excluding hydrogens is 857 g/mol. The number of benzene rings is 6. The molecule has 0 unspecified atom stereocenters. The molecule has 2 N–H and O–H groups in total. The minimum absolute atomic E-state index is 0. The SMILES string of the molecule is C1CCOC1.C1CCOC1.Cc1cc(C)cc(C([N-]c2c(C)cc(C)cc2C)=[NH+]c2c(C)cc(C)cc2C)c1.Cc1cc(C)cc(C([N-]c2c(C)cc(C)cc2C)=[NH+]c2c(C)cc(C)cc2C)c1.[Mg+2]. The maximum atomic E-state index is 5.16. The molecule has 2 heterocycles. The first-order valence-corrected chi connectivity index (χ1v) is 24.6. The molecule has 0 amide bonds. The third-order valence-electron chi connectivity index (χ3n) is 12.2. The van der Waals surface area contributed by atoms with Gasteiger partial charge in [0.25, 0.3) is 0 Å². The molecule has 0 spiro atoms. The van der Waals surface area contributed by atoms with Crippen LogP contribution in [0.1, 0.15) is 126 Å². The standard InChI is InChI=1S/2C27H31N2.2C4H8O.Mg/c2*1-16-9-17(2)15-24(14-16)27(28-25-20(5)10-18(3)11-21(25)6)29-26-22(7)12-19(4)13-23(26)8;2*1-2-4-5-3-1;/h2*9-15H,1-8H3;2*1-4H2;/q2*-1;;;+2/p+2. The molecule has 6 aromatic rings. The van der Waals surface area contributed by atoms with Gasteiger partial charge in [-0.25, -0.2) is 10.6 Å². The zero-order valence-electron chi connectivity index (χ0n) is 45.2.